The maximum atomic E-state index is 11.6. The Hall–Kier alpha value is -1.46. The van der Waals surface area contributed by atoms with Crippen LogP contribution < -0.4 is 5.32 Å². The molecule has 1 amide bonds. The van der Waals surface area contributed by atoms with Crippen LogP contribution in [0.5, 0.6) is 0 Å². The average Bonchev–Trinajstić information content (AvgIpc) is 3.01. The summed E-state index contributed by atoms with van der Waals surface area (Å²) in [5.74, 6) is 1.30. The summed E-state index contributed by atoms with van der Waals surface area (Å²) in [4.78, 5) is 17.4. The fourth-order valence-corrected chi connectivity index (χ4v) is 3.73. The van der Waals surface area contributed by atoms with Crippen molar-refractivity contribution in [3.8, 4) is 0 Å². The average molecular weight is 331 g/mol. The molecule has 1 unspecified atom stereocenters. The van der Waals surface area contributed by atoms with E-state index in [0.717, 1.165) is 26.2 Å². The van der Waals surface area contributed by atoms with Crippen molar-refractivity contribution in [3.63, 3.8) is 0 Å². The van der Waals surface area contributed by atoms with Crippen LogP contribution in [0.25, 0.3) is 10.9 Å². The minimum Gasteiger partial charge on any atom is -0.361 e. The van der Waals surface area contributed by atoms with Gasteiger partial charge in [-0.3, -0.25) is 9.69 Å². The standard InChI is InChI=1S/C18H25N3OS/c1-23-13-18(22)20-10-15-3-2-8-21(12-15)11-14-4-5-17-16(9-14)6-7-19-17/h4-7,9,15,19H,2-3,8,10-13H2,1H3,(H,20,22). The molecule has 0 bridgehead atoms. The van der Waals surface area contributed by atoms with E-state index in [-0.39, 0.29) is 5.91 Å². The Labute approximate surface area is 142 Å². The summed E-state index contributed by atoms with van der Waals surface area (Å²) in [6.07, 6.45) is 6.38. The summed E-state index contributed by atoms with van der Waals surface area (Å²) in [7, 11) is 0. The van der Waals surface area contributed by atoms with Gasteiger partial charge in [0.1, 0.15) is 0 Å². The Balaban J connectivity index is 1.52. The van der Waals surface area contributed by atoms with E-state index in [0.29, 0.717) is 11.7 Å². The van der Waals surface area contributed by atoms with Crippen LogP contribution in [0.15, 0.2) is 30.5 Å². The molecular formula is C18H25N3OS. The van der Waals surface area contributed by atoms with Gasteiger partial charge in [0.15, 0.2) is 0 Å². The van der Waals surface area contributed by atoms with Crippen molar-refractivity contribution in [2.24, 2.45) is 5.92 Å². The lowest BCUT2D eigenvalue weighted by Gasteiger charge is -2.32. The molecule has 0 aliphatic carbocycles. The second kappa shape index (κ2) is 7.88. The van der Waals surface area contributed by atoms with E-state index in [1.807, 2.05) is 12.5 Å². The predicted octanol–water partition coefficient (Wildman–Crippen LogP) is 2.86. The number of benzene rings is 1. The fraction of sp³-hybridized carbons (Fsp3) is 0.500. The van der Waals surface area contributed by atoms with Crippen molar-refractivity contribution in [2.75, 3.05) is 31.6 Å². The lowest BCUT2D eigenvalue weighted by Crippen LogP contribution is -2.40. The highest BCUT2D eigenvalue weighted by Crippen LogP contribution is 2.20. The van der Waals surface area contributed by atoms with Crippen molar-refractivity contribution < 1.29 is 4.79 Å². The Morgan fingerprint density at radius 1 is 1.43 bits per heavy atom. The zero-order valence-corrected chi connectivity index (χ0v) is 14.5. The van der Waals surface area contributed by atoms with Gasteiger partial charge in [-0.1, -0.05) is 6.07 Å². The molecule has 1 aromatic carbocycles. The number of nitrogens with one attached hydrogen (secondary N) is 2. The molecule has 2 heterocycles. The molecule has 0 saturated carbocycles. The molecule has 0 radical (unpaired) electrons. The summed E-state index contributed by atoms with van der Waals surface area (Å²) < 4.78 is 0. The molecule has 0 spiro atoms. The number of piperidine rings is 1. The van der Waals surface area contributed by atoms with Crippen molar-refractivity contribution in [1.82, 2.24) is 15.2 Å². The molecule has 2 N–H and O–H groups in total. The minimum atomic E-state index is 0.160. The molecule has 1 saturated heterocycles. The largest absolute Gasteiger partial charge is 0.361 e. The van der Waals surface area contributed by atoms with Gasteiger partial charge in [-0.15, -0.1) is 0 Å². The first kappa shape index (κ1) is 16.4. The third kappa shape index (κ3) is 4.52. The van der Waals surface area contributed by atoms with Crippen LogP contribution in [0.1, 0.15) is 18.4 Å². The van der Waals surface area contributed by atoms with E-state index < -0.39 is 0 Å². The maximum absolute atomic E-state index is 11.6. The number of rotatable bonds is 6. The highest BCUT2D eigenvalue weighted by atomic mass is 32.2. The Morgan fingerprint density at radius 2 is 2.35 bits per heavy atom. The monoisotopic (exact) mass is 331 g/mol. The van der Waals surface area contributed by atoms with Gasteiger partial charge in [0.05, 0.1) is 5.75 Å². The Morgan fingerprint density at radius 3 is 3.22 bits per heavy atom. The number of likely N-dealkylation sites (tertiary alicyclic amines) is 1. The number of carbonyl (C=O) groups excluding carboxylic acids is 1. The van der Waals surface area contributed by atoms with Gasteiger partial charge in [0.2, 0.25) is 5.91 Å². The van der Waals surface area contributed by atoms with Crippen LogP contribution in [-0.4, -0.2) is 47.4 Å². The number of hydrogen-bond acceptors (Lipinski definition) is 3. The normalized spacial score (nSPS) is 19.1. The summed E-state index contributed by atoms with van der Waals surface area (Å²) in [5.41, 5.74) is 2.56. The number of aromatic nitrogens is 1. The van der Waals surface area contributed by atoms with E-state index in [2.05, 4.69) is 39.5 Å². The van der Waals surface area contributed by atoms with Gasteiger partial charge in [-0.2, -0.15) is 11.8 Å². The van der Waals surface area contributed by atoms with Crippen LogP contribution in [0.3, 0.4) is 0 Å². The molecule has 1 fully saturated rings. The van der Waals surface area contributed by atoms with Gasteiger partial charge in [-0.25, -0.2) is 0 Å². The molecule has 23 heavy (non-hydrogen) atoms. The SMILES string of the molecule is CSCC(=O)NCC1CCCN(Cc2ccc3[nH]ccc3c2)C1. The smallest absolute Gasteiger partial charge is 0.229 e. The van der Waals surface area contributed by atoms with Gasteiger partial charge in [-0.05, 0) is 60.7 Å². The Kier molecular flexibility index (Phi) is 5.62. The van der Waals surface area contributed by atoms with Crippen molar-refractivity contribution in [1.29, 1.82) is 0 Å². The zero-order chi connectivity index (χ0) is 16.1. The molecular weight excluding hydrogens is 306 g/mol. The highest BCUT2D eigenvalue weighted by Gasteiger charge is 2.20. The lowest BCUT2D eigenvalue weighted by molar-refractivity contribution is -0.118. The number of thioether (sulfide) groups is 1. The molecule has 1 aromatic heterocycles. The van der Waals surface area contributed by atoms with E-state index in [9.17, 15) is 4.79 Å². The molecule has 5 heteroatoms. The number of nitrogens with zero attached hydrogens (tertiary/aromatic N) is 1. The topological polar surface area (TPSA) is 48.1 Å². The number of H-pyrrole nitrogens is 1. The predicted molar refractivity (Wildman–Crippen MR) is 97.7 cm³/mol. The fourth-order valence-electron chi connectivity index (χ4n) is 3.36. The number of hydrogen-bond donors (Lipinski definition) is 2. The summed E-state index contributed by atoms with van der Waals surface area (Å²) >= 11 is 1.58. The second-order valence-electron chi connectivity index (χ2n) is 6.38. The second-order valence-corrected chi connectivity index (χ2v) is 7.25. The first-order valence-corrected chi connectivity index (χ1v) is 9.68. The third-order valence-electron chi connectivity index (χ3n) is 4.49. The van der Waals surface area contributed by atoms with Crippen molar-refractivity contribution >= 4 is 28.6 Å². The number of fused-ring (bicyclic) bond motifs is 1. The summed E-state index contributed by atoms with van der Waals surface area (Å²) in [5, 5.41) is 4.35. The first-order valence-electron chi connectivity index (χ1n) is 8.28. The third-order valence-corrected chi connectivity index (χ3v) is 5.04. The molecule has 1 aliphatic rings. The number of aromatic amines is 1. The van der Waals surface area contributed by atoms with E-state index >= 15 is 0 Å². The summed E-state index contributed by atoms with van der Waals surface area (Å²) in [6, 6.07) is 8.77. The van der Waals surface area contributed by atoms with Gasteiger partial charge in [0, 0.05) is 31.3 Å². The van der Waals surface area contributed by atoms with Crippen LogP contribution in [0, 0.1) is 5.92 Å². The van der Waals surface area contributed by atoms with Gasteiger partial charge >= 0.3 is 0 Å². The molecule has 2 aromatic rings. The molecule has 3 rings (SSSR count). The van der Waals surface area contributed by atoms with Crippen molar-refractivity contribution in [3.05, 3.63) is 36.0 Å². The maximum Gasteiger partial charge on any atom is 0.229 e. The molecule has 1 atom stereocenters. The molecule has 4 nitrogen and oxygen atoms in total. The van der Waals surface area contributed by atoms with Gasteiger partial charge < -0.3 is 10.3 Å². The van der Waals surface area contributed by atoms with Gasteiger partial charge in [0.25, 0.3) is 0 Å². The minimum absolute atomic E-state index is 0.160. The summed E-state index contributed by atoms with van der Waals surface area (Å²) in [6.45, 7) is 4.04. The molecule has 124 valence electrons. The lowest BCUT2D eigenvalue weighted by atomic mass is 9.97. The van der Waals surface area contributed by atoms with Crippen LogP contribution >= 0.6 is 11.8 Å². The van der Waals surface area contributed by atoms with E-state index in [1.54, 1.807) is 11.8 Å². The number of carbonyl (C=O) groups is 1. The highest BCUT2D eigenvalue weighted by molar-refractivity contribution is 7.99. The van der Waals surface area contributed by atoms with Crippen LogP contribution in [0.4, 0.5) is 0 Å². The quantitative estimate of drug-likeness (QED) is 0.856. The van der Waals surface area contributed by atoms with E-state index in [1.165, 1.54) is 29.3 Å². The van der Waals surface area contributed by atoms with E-state index in [4.69, 9.17) is 0 Å². The number of amides is 1. The first-order chi connectivity index (χ1) is 11.2. The van der Waals surface area contributed by atoms with Crippen LogP contribution in [-0.2, 0) is 11.3 Å². The van der Waals surface area contributed by atoms with Crippen LogP contribution in [0.2, 0.25) is 0 Å². The Bertz CT molecular complexity index is 655. The zero-order valence-electron chi connectivity index (χ0n) is 13.7. The van der Waals surface area contributed by atoms with Crippen molar-refractivity contribution in [2.45, 2.75) is 19.4 Å². The molecule has 1 aliphatic heterocycles.